The monoisotopic (exact) mass is 240 g/mol. The second-order valence-corrected chi connectivity index (χ2v) is 4.20. The molecule has 1 aromatic carbocycles. The molecule has 1 unspecified atom stereocenters. The molecule has 0 aliphatic carbocycles. The van der Waals surface area contributed by atoms with Gasteiger partial charge in [0.25, 0.3) is 0 Å². The van der Waals surface area contributed by atoms with Gasteiger partial charge in [0.2, 0.25) is 0 Å². The van der Waals surface area contributed by atoms with Crippen LogP contribution < -0.4 is 9.47 Å². The minimum absolute atomic E-state index is 0.502. The molecule has 0 N–H and O–H groups in total. The van der Waals surface area contributed by atoms with Crippen molar-refractivity contribution in [2.24, 2.45) is 0 Å². The maximum Gasteiger partial charge on any atom is 0.161 e. The van der Waals surface area contributed by atoms with Gasteiger partial charge in [-0.1, -0.05) is 13.0 Å². The van der Waals surface area contributed by atoms with Gasteiger partial charge in [-0.3, -0.25) is 0 Å². The van der Waals surface area contributed by atoms with E-state index in [0.29, 0.717) is 12.5 Å². The van der Waals surface area contributed by atoms with Crippen molar-refractivity contribution in [2.75, 3.05) is 19.5 Å². The first-order valence-electron chi connectivity index (χ1n) is 5.64. The maximum absolute atomic E-state index is 5.48. The summed E-state index contributed by atoms with van der Waals surface area (Å²) in [4.78, 5) is 0. The third kappa shape index (κ3) is 3.34. The number of benzene rings is 1. The lowest BCUT2D eigenvalue weighted by atomic mass is 9.98. The molecule has 0 spiro atoms. The standard InChI is InChI=1S/C13H20O2S/c1-4-15-12-6-5-11(9-13(12)14-3)10(2)7-8-16/h5-6,9-10,16H,4,7-8H2,1-3H3. The van der Waals surface area contributed by atoms with Crippen molar-refractivity contribution in [3.05, 3.63) is 23.8 Å². The van der Waals surface area contributed by atoms with Gasteiger partial charge in [-0.15, -0.1) is 0 Å². The molecule has 0 radical (unpaired) electrons. The van der Waals surface area contributed by atoms with E-state index in [0.717, 1.165) is 23.7 Å². The predicted molar refractivity (Wildman–Crippen MR) is 71.0 cm³/mol. The minimum atomic E-state index is 0.502. The topological polar surface area (TPSA) is 18.5 Å². The van der Waals surface area contributed by atoms with Crippen molar-refractivity contribution < 1.29 is 9.47 Å². The third-order valence-electron chi connectivity index (χ3n) is 2.62. The molecule has 1 atom stereocenters. The summed E-state index contributed by atoms with van der Waals surface area (Å²) in [6, 6.07) is 6.13. The van der Waals surface area contributed by atoms with Gasteiger partial charge >= 0.3 is 0 Å². The van der Waals surface area contributed by atoms with Gasteiger partial charge in [0, 0.05) is 0 Å². The quantitative estimate of drug-likeness (QED) is 0.767. The zero-order valence-corrected chi connectivity index (χ0v) is 11.1. The van der Waals surface area contributed by atoms with E-state index in [1.165, 1.54) is 5.56 Å². The Morgan fingerprint density at radius 1 is 1.31 bits per heavy atom. The highest BCUT2D eigenvalue weighted by Gasteiger charge is 2.09. The van der Waals surface area contributed by atoms with Crippen LogP contribution in [0.25, 0.3) is 0 Å². The van der Waals surface area contributed by atoms with Gasteiger partial charge in [-0.2, -0.15) is 12.6 Å². The van der Waals surface area contributed by atoms with Gasteiger partial charge < -0.3 is 9.47 Å². The minimum Gasteiger partial charge on any atom is -0.493 e. The number of ether oxygens (including phenoxy) is 2. The van der Waals surface area contributed by atoms with Crippen LogP contribution in [0, 0.1) is 0 Å². The average molecular weight is 240 g/mol. The molecule has 2 nitrogen and oxygen atoms in total. The fourth-order valence-corrected chi connectivity index (χ4v) is 2.01. The van der Waals surface area contributed by atoms with E-state index >= 15 is 0 Å². The zero-order chi connectivity index (χ0) is 12.0. The van der Waals surface area contributed by atoms with Crippen LogP contribution in [0.4, 0.5) is 0 Å². The lowest BCUT2D eigenvalue weighted by Gasteiger charge is -2.14. The van der Waals surface area contributed by atoms with Gasteiger partial charge in [-0.05, 0) is 42.7 Å². The Labute approximate surface area is 103 Å². The highest BCUT2D eigenvalue weighted by Crippen LogP contribution is 2.31. The molecule has 16 heavy (non-hydrogen) atoms. The van der Waals surface area contributed by atoms with Crippen LogP contribution in [0.15, 0.2) is 18.2 Å². The number of rotatable bonds is 6. The molecular formula is C13H20O2S. The summed E-state index contributed by atoms with van der Waals surface area (Å²) < 4.78 is 10.8. The number of hydrogen-bond acceptors (Lipinski definition) is 3. The molecule has 0 aliphatic rings. The lowest BCUT2D eigenvalue weighted by Crippen LogP contribution is -1.99. The molecule has 0 heterocycles. The van der Waals surface area contributed by atoms with Crippen LogP contribution in [0.5, 0.6) is 11.5 Å². The molecular weight excluding hydrogens is 220 g/mol. The van der Waals surface area contributed by atoms with Crippen molar-refractivity contribution in [1.82, 2.24) is 0 Å². The second-order valence-electron chi connectivity index (χ2n) is 3.76. The first-order valence-corrected chi connectivity index (χ1v) is 6.27. The lowest BCUT2D eigenvalue weighted by molar-refractivity contribution is 0.310. The smallest absolute Gasteiger partial charge is 0.161 e. The van der Waals surface area contributed by atoms with Crippen molar-refractivity contribution in [3.8, 4) is 11.5 Å². The van der Waals surface area contributed by atoms with E-state index in [4.69, 9.17) is 9.47 Å². The Kier molecular flexibility index (Phi) is 5.53. The Balaban J connectivity index is 2.89. The van der Waals surface area contributed by atoms with E-state index in [1.807, 2.05) is 13.0 Å². The number of thiol groups is 1. The van der Waals surface area contributed by atoms with Crippen LogP contribution in [0.3, 0.4) is 0 Å². The van der Waals surface area contributed by atoms with Crippen LogP contribution in [0.2, 0.25) is 0 Å². The fraction of sp³-hybridized carbons (Fsp3) is 0.538. The van der Waals surface area contributed by atoms with Gasteiger partial charge in [0.15, 0.2) is 11.5 Å². The molecule has 90 valence electrons. The van der Waals surface area contributed by atoms with E-state index in [1.54, 1.807) is 7.11 Å². The summed E-state index contributed by atoms with van der Waals surface area (Å²) in [5.41, 5.74) is 1.27. The third-order valence-corrected chi connectivity index (χ3v) is 2.88. The van der Waals surface area contributed by atoms with Crippen LogP contribution in [-0.4, -0.2) is 19.5 Å². The van der Waals surface area contributed by atoms with E-state index in [9.17, 15) is 0 Å². The molecule has 0 saturated carbocycles. The second kappa shape index (κ2) is 6.69. The van der Waals surface area contributed by atoms with E-state index in [-0.39, 0.29) is 0 Å². The molecule has 0 amide bonds. The molecule has 3 heteroatoms. The summed E-state index contributed by atoms with van der Waals surface area (Å²) in [7, 11) is 1.67. The van der Waals surface area contributed by atoms with Crippen LogP contribution in [0.1, 0.15) is 31.7 Å². The van der Waals surface area contributed by atoms with Gasteiger partial charge in [0.05, 0.1) is 13.7 Å². The summed E-state index contributed by atoms with van der Waals surface area (Å²) in [5, 5.41) is 0. The Bertz CT molecular complexity index is 326. The first-order chi connectivity index (χ1) is 7.72. The van der Waals surface area contributed by atoms with Crippen molar-refractivity contribution in [3.63, 3.8) is 0 Å². The maximum atomic E-state index is 5.48. The van der Waals surface area contributed by atoms with Gasteiger partial charge in [-0.25, -0.2) is 0 Å². The summed E-state index contributed by atoms with van der Waals surface area (Å²) in [6.45, 7) is 4.82. The molecule has 0 fully saturated rings. The molecule has 0 bridgehead atoms. The normalized spacial score (nSPS) is 12.2. The molecule has 0 saturated heterocycles. The predicted octanol–water partition coefficient (Wildman–Crippen LogP) is 3.52. The first kappa shape index (κ1) is 13.2. The molecule has 1 rings (SSSR count). The average Bonchev–Trinajstić information content (AvgIpc) is 2.30. The number of methoxy groups -OCH3 is 1. The fourth-order valence-electron chi connectivity index (χ4n) is 1.63. The summed E-state index contributed by atoms with van der Waals surface area (Å²) in [5.74, 6) is 3.02. The highest BCUT2D eigenvalue weighted by molar-refractivity contribution is 7.80. The van der Waals surface area contributed by atoms with E-state index in [2.05, 4.69) is 31.7 Å². The number of hydrogen-bond donors (Lipinski definition) is 1. The molecule has 0 aromatic heterocycles. The van der Waals surface area contributed by atoms with Crippen LogP contribution in [-0.2, 0) is 0 Å². The van der Waals surface area contributed by atoms with Gasteiger partial charge in [0.1, 0.15) is 0 Å². The Hall–Kier alpha value is -0.830. The van der Waals surface area contributed by atoms with Crippen molar-refractivity contribution in [2.45, 2.75) is 26.2 Å². The largest absolute Gasteiger partial charge is 0.493 e. The van der Waals surface area contributed by atoms with E-state index < -0.39 is 0 Å². The summed E-state index contributed by atoms with van der Waals surface area (Å²) >= 11 is 4.26. The molecule has 0 aliphatic heterocycles. The zero-order valence-electron chi connectivity index (χ0n) is 10.2. The van der Waals surface area contributed by atoms with Crippen molar-refractivity contribution in [1.29, 1.82) is 0 Å². The SMILES string of the molecule is CCOc1ccc(C(C)CCS)cc1OC. The van der Waals surface area contributed by atoms with Crippen molar-refractivity contribution >= 4 is 12.6 Å². The Morgan fingerprint density at radius 3 is 2.62 bits per heavy atom. The Morgan fingerprint density at radius 2 is 2.06 bits per heavy atom. The van der Waals surface area contributed by atoms with Crippen LogP contribution >= 0.6 is 12.6 Å². The highest BCUT2D eigenvalue weighted by atomic mass is 32.1. The molecule has 1 aromatic rings. The summed E-state index contributed by atoms with van der Waals surface area (Å²) in [6.07, 6.45) is 1.07.